The number of likely N-dealkylation sites (tertiary alicyclic amines) is 1. The van der Waals surface area contributed by atoms with Crippen molar-refractivity contribution in [2.24, 2.45) is 0 Å². The number of methoxy groups -OCH3 is 1. The summed E-state index contributed by atoms with van der Waals surface area (Å²) < 4.78 is 6.96. The zero-order valence-corrected chi connectivity index (χ0v) is 21.8. The van der Waals surface area contributed by atoms with Gasteiger partial charge in [0.15, 0.2) is 16.8 Å². The fourth-order valence-electron chi connectivity index (χ4n) is 4.74. The summed E-state index contributed by atoms with van der Waals surface area (Å²) in [4.78, 5) is 31.1. The number of carbonyl (C=O) groups is 2. The second-order valence-electron chi connectivity index (χ2n) is 9.03. The minimum absolute atomic E-state index is 0.0982. The number of esters is 1. The fourth-order valence-corrected chi connectivity index (χ4v) is 5.67. The van der Waals surface area contributed by atoms with E-state index in [9.17, 15) is 9.59 Å². The molecule has 1 aromatic carbocycles. The molecule has 35 heavy (non-hydrogen) atoms. The number of rotatable bonds is 8. The van der Waals surface area contributed by atoms with Crippen LogP contribution in [0, 0.1) is 13.8 Å². The quantitative estimate of drug-likeness (QED) is 0.270. The highest BCUT2D eigenvalue weighted by atomic mass is 32.2. The molecule has 9 heteroatoms. The number of ether oxygens (including phenoxy) is 1. The molecule has 0 spiro atoms. The number of nitrogens with zero attached hydrogens (tertiary/aromatic N) is 4. The van der Waals surface area contributed by atoms with Gasteiger partial charge in [-0.15, -0.1) is 10.2 Å². The number of nitrogens with one attached hydrogen (secondary N) is 1. The van der Waals surface area contributed by atoms with Crippen molar-refractivity contribution in [1.82, 2.24) is 24.6 Å². The summed E-state index contributed by atoms with van der Waals surface area (Å²) in [5.74, 6) is 0.329. The van der Waals surface area contributed by atoms with Crippen LogP contribution in [0.25, 0.3) is 5.69 Å². The van der Waals surface area contributed by atoms with E-state index in [4.69, 9.17) is 4.74 Å². The number of piperidine rings is 1. The molecule has 2 atom stereocenters. The van der Waals surface area contributed by atoms with E-state index in [0.717, 1.165) is 24.6 Å². The van der Waals surface area contributed by atoms with Crippen LogP contribution in [0.5, 0.6) is 0 Å². The SMILES string of the molecule is COC(=O)c1c(C)[nH]c(C(=O)C(C)Sc2nnc(C(C)N3CCCCC3)n2-c2ccccc2)c1C. The number of aromatic nitrogens is 4. The molecule has 1 aliphatic heterocycles. The summed E-state index contributed by atoms with van der Waals surface area (Å²) in [6, 6.07) is 10.1. The number of hydrogen-bond donors (Lipinski definition) is 1. The summed E-state index contributed by atoms with van der Waals surface area (Å²) in [5.41, 5.74) is 3.04. The largest absolute Gasteiger partial charge is 0.465 e. The molecule has 0 aliphatic carbocycles. The summed E-state index contributed by atoms with van der Waals surface area (Å²) >= 11 is 1.38. The third-order valence-electron chi connectivity index (χ3n) is 6.71. The molecule has 186 valence electrons. The van der Waals surface area contributed by atoms with Gasteiger partial charge in [-0.05, 0) is 71.3 Å². The van der Waals surface area contributed by atoms with Crippen LogP contribution in [-0.4, -0.2) is 61.9 Å². The van der Waals surface area contributed by atoms with Gasteiger partial charge in [-0.2, -0.15) is 0 Å². The van der Waals surface area contributed by atoms with Crippen molar-refractivity contribution in [2.75, 3.05) is 20.2 Å². The molecule has 0 radical (unpaired) electrons. The van der Waals surface area contributed by atoms with Crippen LogP contribution in [-0.2, 0) is 4.74 Å². The van der Waals surface area contributed by atoms with Crippen molar-refractivity contribution in [2.45, 2.75) is 63.4 Å². The molecule has 0 amide bonds. The lowest BCUT2D eigenvalue weighted by molar-refractivity contribution is 0.0599. The number of thioether (sulfide) groups is 1. The van der Waals surface area contributed by atoms with E-state index >= 15 is 0 Å². The Balaban J connectivity index is 1.64. The Bertz CT molecular complexity index is 1200. The van der Waals surface area contributed by atoms with E-state index in [2.05, 4.69) is 31.6 Å². The first-order valence-corrected chi connectivity index (χ1v) is 12.9. The molecule has 4 rings (SSSR count). The summed E-state index contributed by atoms with van der Waals surface area (Å²) in [6.07, 6.45) is 3.66. The summed E-state index contributed by atoms with van der Waals surface area (Å²) in [7, 11) is 1.34. The van der Waals surface area contributed by atoms with Crippen molar-refractivity contribution in [3.63, 3.8) is 0 Å². The van der Waals surface area contributed by atoms with E-state index < -0.39 is 11.2 Å². The van der Waals surface area contributed by atoms with Crippen molar-refractivity contribution < 1.29 is 14.3 Å². The van der Waals surface area contributed by atoms with Gasteiger partial charge in [-0.25, -0.2) is 4.79 Å². The van der Waals surface area contributed by atoms with Crippen LogP contribution in [0.2, 0.25) is 0 Å². The lowest BCUT2D eigenvalue weighted by Crippen LogP contribution is -2.33. The van der Waals surface area contributed by atoms with Crippen molar-refractivity contribution >= 4 is 23.5 Å². The van der Waals surface area contributed by atoms with Crippen LogP contribution in [0.3, 0.4) is 0 Å². The standard InChI is InChI=1S/C26H33N5O3S/c1-16-21(25(33)34-5)17(2)27-22(16)23(32)19(4)35-26-29-28-24(18(3)30-14-10-7-11-15-30)31(26)20-12-8-6-9-13-20/h6,8-9,12-13,18-19,27H,7,10-11,14-15H2,1-5H3. The molecule has 1 saturated heterocycles. The van der Waals surface area contributed by atoms with Gasteiger partial charge < -0.3 is 9.72 Å². The number of hydrogen-bond acceptors (Lipinski definition) is 7. The minimum Gasteiger partial charge on any atom is -0.465 e. The number of ketones is 1. The number of benzene rings is 1. The molecule has 0 saturated carbocycles. The highest BCUT2D eigenvalue weighted by molar-refractivity contribution is 8.00. The number of aromatic amines is 1. The summed E-state index contributed by atoms with van der Waals surface area (Å²) in [5, 5.41) is 9.35. The Morgan fingerprint density at radius 3 is 2.40 bits per heavy atom. The second kappa shape index (κ2) is 10.8. The van der Waals surface area contributed by atoms with Gasteiger partial charge in [0.2, 0.25) is 0 Å². The average Bonchev–Trinajstić information content (AvgIpc) is 3.43. The van der Waals surface area contributed by atoms with Gasteiger partial charge in [-0.3, -0.25) is 14.3 Å². The Labute approximate surface area is 210 Å². The molecule has 0 bridgehead atoms. The first-order chi connectivity index (χ1) is 16.8. The van der Waals surface area contributed by atoms with Gasteiger partial charge in [-0.1, -0.05) is 36.4 Å². The van der Waals surface area contributed by atoms with Crippen molar-refractivity contribution in [3.8, 4) is 5.69 Å². The van der Waals surface area contributed by atoms with Gasteiger partial charge in [0, 0.05) is 11.4 Å². The Morgan fingerprint density at radius 2 is 1.74 bits per heavy atom. The number of carbonyl (C=O) groups excluding carboxylic acids is 2. The third-order valence-corrected chi connectivity index (χ3v) is 7.75. The predicted octanol–water partition coefficient (Wildman–Crippen LogP) is 4.91. The molecule has 1 N–H and O–H groups in total. The highest BCUT2D eigenvalue weighted by Crippen LogP contribution is 2.32. The molecule has 1 fully saturated rings. The predicted molar refractivity (Wildman–Crippen MR) is 136 cm³/mol. The van der Waals surface area contributed by atoms with Gasteiger partial charge >= 0.3 is 5.97 Å². The zero-order valence-electron chi connectivity index (χ0n) is 21.0. The van der Waals surface area contributed by atoms with Crippen LogP contribution in [0.15, 0.2) is 35.5 Å². The topological polar surface area (TPSA) is 93.1 Å². The Hall–Kier alpha value is -2.91. The maximum atomic E-state index is 13.4. The average molecular weight is 496 g/mol. The van der Waals surface area contributed by atoms with E-state index in [-0.39, 0.29) is 11.8 Å². The molecule has 2 aromatic heterocycles. The molecular weight excluding hydrogens is 462 g/mol. The highest BCUT2D eigenvalue weighted by Gasteiger charge is 2.30. The maximum absolute atomic E-state index is 13.4. The van der Waals surface area contributed by atoms with E-state index in [1.54, 1.807) is 13.8 Å². The molecule has 1 aliphatic rings. The Morgan fingerprint density at radius 1 is 1.06 bits per heavy atom. The van der Waals surface area contributed by atoms with Crippen LogP contribution >= 0.6 is 11.8 Å². The molecule has 8 nitrogen and oxygen atoms in total. The fraction of sp³-hybridized carbons (Fsp3) is 0.462. The summed E-state index contributed by atoms with van der Waals surface area (Å²) in [6.45, 7) is 9.68. The zero-order chi connectivity index (χ0) is 25.1. The number of para-hydroxylation sites is 1. The third kappa shape index (κ3) is 5.06. The van der Waals surface area contributed by atoms with Crippen molar-refractivity contribution in [1.29, 1.82) is 0 Å². The monoisotopic (exact) mass is 495 g/mol. The van der Waals surface area contributed by atoms with Crippen LogP contribution in [0.1, 0.15) is 77.1 Å². The number of H-pyrrole nitrogens is 1. The number of aryl methyl sites for hydroxylation is 1. The second-order valence-corrected chi connectivity index (χ2v) is 10.3. The lowest BCUT2D eigenvalue weighted by atomic mass is 10.1. The normalized spacial score (nSPS) is 16.1. The first-order valence-electron chi connectivity index (χ1n) is 12.1. The van der Waals surface area contributed by atoms with E-state index in [0.29, 0.717) is 27.7 Å². The van der Waals surface area contributed by atoms with Gasteiger partial charge in [0.25, 0.3) is 0 Å². The minimum atomic E-state index is -0.448. The van der Waals surface area contributed by atoms with E-state index in [1.165, 1.54) is 38.1 Å². The van der Waals surface area contributed by atoms with Crippen LogP contribution in [0.4, 0.5) is 0 Å². The van der Waals surface area contributed by atoms with E-state index in [1.807, 2.05) is 37.3 Å². The lowest BCUT2D eigenvalue weighted by Gasteiger charge is -2.31. The first kappa shape index (κ1) is 25.2. The molecule has 3 heterocycles. The molecule has 3 aromatic rings. The van der Waals surface area contributed by atoms with Gasteiger partial charge in [0.1, 0.15) is 0 Å². The number of Topliss-reactive ketones (excluding diaryl/α,β-unsaturated/α-hetero) is 1. The van der Waals surface area contributed by atoms with Gasteiger partial charge in [0.05, 0.1) is 29.7 Å². The molecule has 2 unspecified atom stereocenters. The Kier molecular flexibility index (Phi) is 7.76. The van der Waals surface area contributed by atoms with Crippen molar-refractivity contribution in [3.05, 3.63) is 58.7 Å². The molecular formula is C26H33N5O3S. The van der Waals surface area contributed by atoms with Crippen LogP contribution < -0.4 is 0 Å². The maximum Gasteiger partial charge on any atom is 0.339 e. The smallest absolute Gasteiger partial charge is 0.339 e.